The van der Waals surface area contributed by atoms with E-state index in [0.717, 1.165) is 0 Å². The number of aliphatic hydroxyl groups is 4. The summed E-state index contributed by atoms with van der Waals surface area (Å²) in [5.74, 6) is -9.00. The number of rotatable bonds is 9. The molecule has 2 aliphatic rings. The van der Waals surface area contributed by atoms with E-state index >= 15 is 0 Å². The van der Waals surface area contributed by atoms with Crippen molar-refractivity contribution >= 4 is 93.5 Å². The van der Waals surface area contributed by atoms with E-state index in [0.29, 0.717) is 25.4 Å². The lowest BCUT2D eigenvalue weighted by Gasteiger charge is -2.31. The number of ether oxygens (including phenoxy) is 1. The van der Waals surface area contributed by atoms with Crippen LogP contribution in [-0.4, -0.2) is 118 Å². The highest BCUT2D eigenvalue weighted by Gasteiger charge is 2.85. The maximum Gasteiger partial charge on any atom is 0.328 e. The second kappa shape index (κ2) is 17.6. The molecule has 38 heavy (non-hydrogen) atoms. The third kappa shape index (κ3) is 8.96. The molecule has 0 spiro atoms. The van der Waals surface area contributed by atoms with Crippen molar-refractivity contribution in [2.45, 2.75) is 14.1 Å². The first kappa shape index (κ1) is 39.0. The van der Waals surface area contributed by atoms with E-state index in [1.807, 2.05) is 0 Å². The summed E-state index contributed by atoms with van der Waals surface area (Å²) in [6.07, 6.45) is 1.12. The molecule has 13 nitrogen and oxygen atoms in total. The van der Waals surface area contributed by atoms with Crippen molar-refractivity contribution < 1.29 is 64.8 Å². The zero-order valence-corrected chi connectivity index (χ0v) is 23.5. The molecular weight excluding hydrogens is 649 g/mol. The number of allylic oxidation sites excluding steroid dienone is 2. The molecule has 2 bridgehead atoms. The van der Waals surface area contributed by atoms with Gasteiger partial charge in [0.25, 0.3) is 0 Å². The molecule has 0 radical (unpaired) electrons. The van der Waals surface area contributed by atoms with Gasteiger partial charge >= 0.3 is 23.9 Å². The molecule has 4 atom stereocenters. The van der Waals surface area contributed by atoms with Crippen LogP contribution >= 0.6 is 69.6 Å². The molecule has 8 N–H and O–H groups in total. The van der Waals surface area contributed by atoms with Gasteiger partial charge in [0.1, 0.15) is 9.75 Å². The Labute approximate surface area is 245 Å². The minimum Gasteiger partial charge on any atom is -0.481 e. The molecule has 1 saturated carbocycles. The molecule has 0 heterocycles. The van der Waals surface area contributed by atoms with Crippen LogP contribution in [0.25, 0.3) is 0 Å². The summed E-state index contributed by atoms with van der Waals surface area (Å²) in [5, 5.41) is 64.8. The molecule has 2 aliphatic carbocycles. The monoisotopic (exact) mass is 670 g/mol. The quantitative estimate of drug-likeness (QED) is 0.0966. The molecule has 0 aromatic rings. The van der Waals surface area contributed by atoms with Gasteiger partial charge in [0.15, 0.2) is 4.33 Å². The van der Waals surface area contributed by atoms with Crippen molar-refractivity contribution in [3.8, 4) is 0 Å². The smallest absolute Gasteiger partial charge is 0.328 e. The Hall–Kier alpha value is -1.10. The molecule has 0 aromatic carbocycles. The molecule has 0 amide bonds. The summed E-state index contributed by atoms with van der Waals surface area (Å²) in [7, 11) is 0. The highest BCUT2D eigenvalue weighted by Crippen LogP contribution is 2.76. The molecule has 1 fully saturated rings. The number of aliphatic hydroxyl groups excluding tert-OH is 4. The zero-order chi connectivity index (χ0) is 30.5. The lowest BCUT2D eigenvalue weighted by atomic mass is 9.82. The van der Waals surface area contributed by atoms with Crippen LogP contribution in [0.1, 0.15) is 0 Å². The van der Waals surface area contributed by atoms with E-state index in [9.17, 15) is 29.4 Å². The first-order valence-electron chi connectivity index (χ1n) is 9.84. The Morgan fingerprint density at radius 2 is 0.947 bits per heavy atom. The molecule has 4 unspecified atom stereocenters. The predicted octanol–water partition coefficient (Wildman–Crippen LogP) is 0.904. The van der Waals surface area contributed by atoms with Gasteiger partial charge in [-0.1, -0.05) is 46.4 Å². The number of carboxylic acid groups (broad SMARTS) is 4. The van der Waals surface area contributed by atoms with Crippen molar-refractivity contribution in [2.24, 2.45) is 11.8 Å². The van der Waals surface area contributed by atoms with Crippen molar-refractivity contribution in [2.75, 3.05) is 39.6 Å². The summed E-state index contributed by atoms with van der Waals surface area (Å²) in [4.78, 5) is 37.6. The van der Waals surface area contributed by atoms with Crippen molar-refractivity contribution in [1.29, 1.82) is 0 Å². The fourth-order valence-electron chi connectivity index (χ4n) is 2.98. The van der Waals surface area contributed by atoms with Crippen LogP contribution in [0.3, 0.4) is 0 Å². The van der Waals surface area contributed by atoms with Crippen LogP contribution in [0.2, 0.25) is 0 Å². The Morgan fingerprint density at radius 3 is 1.13 bits per heavy atom. The fourth-order valence-corrected chi connectivity index (χ4v) is 5.91. The minimum atomic E-state index is -2.18. The SMILES string of the molecule is O=C(O)/C=C/C(=O)O.O=C(O)C1C(C(=O)O)C2(Cl)C(Cl)=C(Cl)C1(Cl)C2(Cl)Cl.OCCO.OCCOCCO. The third-order valence-electron chi connectivity index (χ3n) is 4.41. The molecule has 220 valence electrons. The molecule has 19 heteroatoms. The van der Waals surface area contributed by atoms with Gasteiger partial charge in [-0.2, -0.15) is 0 Å². The lowest BCUT2D eigenvalue weighted by Crippen LogP contribution is -2.45. The number of carboxylic acids is 4. The Kier molecular flexibility index (Phi) is 18.0. The lowest BCUT2D eigenvalue weighted by molar-refractivity contribution is -0.153. The van der Waals surface area contributed by atoms with E-state index in [2.05, 4.69) is 4.74 Å². The van der Waals surface area contributed by atoms with E-state index < -0.39 is 49.8 Å². The van der Waals surface area contributed by atoms with Gasteiger partial charge in [0, 0.05) is 12.2 Å². The number of halogens is 6. The number of aliphatic carboxylic acids is 4. The van der Waals surface area contributed by atoms with Crippen LogP contribution < -0.4 is 0 Å². The topological polar surface area (TPSA) is 239 Å². The van der Waals surface area contributed by atoms with Crippen molar-refractivity contribution in [1.82, 2.24) is 0 Å². The number of carbonyl (C=O) groups is 4. The van der Waals surface area contributed by atoms with Gasteiger partial charge < -0.3 is 45.6 Å². The summed E-state index contributed by atoms with van der Waals surface area (Å²) in [6, 6.07) is 0. The standard InChI is InChI=1S/C9H4Cl6O4.C4H4O4.C4H10O3.C2H6O2/c10-3-4(11)8(13)2(6(18)19)1(5(16)17)7(3,12)9(8,14)15;5-3(6)1-2-4(7)8;5-1-3-7-4-2-6;3-1-2-4/h1-2H,(H,16,17)(H,18,19);1-2H,(H,5,6)(H,7,8);5-6H,1-4H2;3-4H,1-2H2/b;2-1+;;. The average molecular weight is 673 g/mol. The fraction of sp³-hybridized carbons (Fsp3) is 0.579. The largest absolute Gasteiger partial charge is 0.481 e. The third-order valence-corrected chi connectivity index (χ3v) is 8.67. The molecule has 0 aromatic heterocycles. The van der Waals surface area contributed by atoms with E-state index in [1.54, 1.807) is 0 Å². The Morgan fingerprint density at radius 1 is 0.658 bits per heavy atom. The minimum absolute atomic E-state index is 0.0278. The molecule has 2 rings (SSSR count). The second-order valence-electron chi connectivity index (χ2n) is 6.77. The summed E-state index contributed by atoms with van der Waals surface area (Å²) >= 11 is 36.2. The number of hydrogen-bond acceptors (Lipinski definition) is 9. The van der Waals surface area contributed by atoms with Gasteiger partial charge in [-0.15, -0.1) is 23.2 Å². The Balaban J connectivity index is 0. The maximum absolute atomic E-state index is 11.3. The molecule has 0 saturated heterocycles. The van der Waals surface area contributed by atoms with Crippen LogP contribution in [0.4, 0.5) is 0 Å². The van der Waals surface area contributed by atoms with Gasteiger partial charge in [0.05, 0.1) is 61.5 Å². The second-order valence-corrected chi connectivity index (χ2v) is 10.0. The average Bonchev–Trinajstić information content (AvgIpc) is 3.04. The van der Waals surface area contributed by atoms with Crippen LogP contribution in [0.15, 0.2) is 22.2 Å². The van der Waals surface area contributed by atoms with Gasteiger partial charge in [0.2, 0.25) is 0 Å². The zero-order valence-electron chi connectivity index (χ0n) is 18.9. The van der Waals surface area contributed by atoms with Crippen LogP contribution in [0, 0.1) is 11.8 Å². The van der Waals surface area contributed by atoms with E-state index in [-0.39, 0.29) is 36.5 Å². The number of alkyl halides is 4. The summed E-state index contributed by atoms with van der Waals surface area (Å²) in [5.41, 5.74) is 0. The number of fused-ring (bicyclic) bond motifs is 2. The highest BCUT2D eigenvalue weighted by atomic mass is 35.5. The normalized spacial score (nSPS) is 26.4. The maximum atomic E-state index is 11.3. The van der Waals surface area contributed by atoms with Gasteiger partial charge in [-0.3, -0.25) is 9.59 Å². The van der Waals surface area contributed by atoms with Crippen LogP contribution in [-0.2, 0) is 23.9 Å². The molecule has 0 aliphatic heterocycles. The van der Waals surface area contributed by atoms with Crippen molar-refractivity contribution in [3.63, 3.8) is 0 Å². The summed E-state index contributed by atoms with van der Waals surface area (Å²) in [6.45, 7) is 0.446. The highest BCUT2D eigenvalue weighted by molar-refractivity contribution is 6.66. The number of hydrogen-bond donors (Lipinski definition) is 8. The Bertz CT molecular complexity index is 830. The first-order valence-corrected chi connectivity index (χ1v) is 12.1. The van der Waals surface area contributed by atoms with E-state index in [1.165, 1.54) is 0 Å². The van der Waals surface area contributed by atoms with Crippen LogP contribution in [0.5, 0.6) is 0 Å². The van der Waals surface area contributed by atoms with Gasteiger partial charge in [-0.05, 0) is 0 Å². The molecular formula is C19H24Cl6O13. The summed E-state index contributed by atoms with van der Waals surface area (Å²) < 4.78 is 2.45. The van der Waals surface area contributed by atoms with E-state index in [4.69, 9.17) is 100 Å². The van der Waals surface area contributed by atoms with Crippen molar-refractivity contribution in [3.05, 3.63) is 22.2 Å². The predicted molar refractivity (Wildman–Crippen MR) is 136 cm³/mol. The van der Waals surface area contributed by atoms with Gasteiger partial charge in [-0.25, -0.2) is 9.59 Å². The first-order chi connectivity index (χ1) is 17.4.